The molecule has 0 amide bonds. The topological polar surface area (TPSA) is 21.3 Å². The first kappa shape index (κ1) is 13.3. The second kappa shape index (κ2) is 5.78. The number of benzene rings is 2. The quantitative estimate of drug-likeness (QED) is 0.917. The zero-order valence-corrected chi connectivity index (χ0v) is 11.9. The van der Waals surface area contributed by atoms with E-state index in [0.717, 1.165) is 13.0 Å². The second-order valence-corrected chi connectivity index (χ2v) is 5.32. The van der Waals surface area contributed by atoms with Crippen LogP contribution in [0.25, 0.3) is 0 Å². The van der Waals surface area contributed by atoms with Gasteiger partial charge in [0, 0.05) is 13.2 Å². The van der Waals surface area contributed by atoms with E-state index >= 15 is 0 Å². The molecule has 2 aromatic carbocycles. The van der Waals surface area contributed by atoms with Gasteiger partial charge in [0.25, 0.3) is 0 Å². The summed E-state index contributed by atoms with van der Waals surface area (Å²) < 4.78 is 6.13. The minimum atomic E-state index is -0.404. The largest absolute Gasteiger partial charge is 0.367 e. The Balaban J connectivity index is 2.15. The van der Waals surface area contributed by atoms with Gasteiger partial charge in [-0.05, 0) is 30.5 Å². The SMILES string of the molecule is COC(c1ccccc1)(c1ccccc1)C1CCCN1. The van der Waals surface area contributed by atoms with Gasteiger partial charge < -0.3 is 10.1 Å². The molecule has 2 nitrogen and oxygen atoms in total. The lowest BCUT2D eigenvalue weighted by molar-refractivity contribution is -0.00627. The molecule has 2 heteroatoms. The van der Waals surface area contributed by atoms with Crippen LogP contribution in [-0.2, 0) is 10.3 Å². The summed E-state index contributed by atoms with van der Waals surface area (Å²) in [6.45, 7) is 1.06. The minimum Gasteiger partial charge on any atom is -0.367 e. The number of ether oxygens (including phenoxy) is 1. The third-order valence-corrected chi connectivity index (χ3v) is 4.28. The van der Waals surface area contributed by atoms with Crippen molar-refractivity contribution in [1.82, 2.24) is 5.32 Å². The highest BCUT2D eigenvalue weighted by Gasteiger charge is 2.43. The fraction of sp³-hybridized carbons (Fsp3) is 0.333. The third kappa shape index (κ3) is 2.15. The van der Waals surface area contributed by atoms with Crippen LogP contribution in [0.1, 0.15) is 24.0 Å². The molecule has 0 aromatic heterocycles. The van der Waals surface area contributed by atoms with E-state index in [1.165, 1.54) is 17.5 Å². The number of hydrogen-bond acceptors (Lipinski definition) is 2. The number of hydrogen-bond donors (Lipinski definition) is 1. The van der Waals surface area contributed by atoms with Gasteiger partial charge in [0.2, 0.25) is 0 Å². The van der Waals surface area contributed by atoms with Crippen LogP contribution in [0.15, 0.2) is 60.7 Å². The molecule has 1 fully saturated rings. The van der Waals surface area contributed by atoms with E-state index in [4.69, 9.17) is 4.74 Å². The van der Waals surface area contributed by atoms with E-state index < -0.39 is 5.60 Å². The van der Waals surface area contributed by atoms with Gasteiger partial charge in [-0.25, -0.2) is 0 Å². The standard InChI is InChI=1S/C18H21NO/c1-20-18(17-13-8-14-19-17,15-9-4-2-5-10-15)16-11-6-3-7-12-16/h2-7,9-12,17,19H,8,13-14H2,1H3. The van der Waals surface area contributed by atoms with Gasteiger partial charge >= 0.3 is 0 Å². The predicted octanol–water partition coefficient (Wildman–Crippen LogP) is 3.33. The molecule has 0 bridgehead atoms. The maximum absolute atomic E-state index is 6.13. The molecule has 1 unspecified atom stereocenters. The maximum atomic E-state index is 6.13. The Hall–Kier alpha value is -1.64. The Labute approximate surface area is 120 Å². The molecule has 0 saturated carbocycles. The number of methoxy groups -OCH3 is 1. The van der Waals surface area contributed by atoms with E-state index in [1.54, 1.807) is 0 Å². The van der Waals surface area contributed by atoms with Crippen LogP contribution in [-0.4, -0.2) is 19.7 Å². The summed E-state index contributed by atoms with van der Waals surface area (Å²) >= 11 is 0. The second-order valence-electron chi connectivity index (χ2n) is 5.32. The number of rotatable bonds is 4. The lowest BCUT2D eigenvalue weighted by Crippen LogP contribution is -2.47. The Morgan fingerprint density at radius 1 is 0.950 bits per heavy atom. The molecular weight excluding hydrogens is 246 g/mol. The lowest BCUT2D eigenvalue weighted by Gasteiger charge is -2.39. The summed E-state index contributed by atoms with van der Waals surface area (Å²) in [4.78, 5) is 0. The molecule has 3 rings (SSSR count). The molecule has 0 radical (unpaired) electrons. The van der Waals surface area contributed by atoms with E-state index in [2.05, 4.69) is 66.0 Å². The Morgan fingerprint density at radius 3 is 1.90 bits per heavy atom. The molecule has 1 heterocycles. The van der Waals surface area contributed by atoms with Crippen LogP contribution < -0.4 is 5.32 Å². The first-order valence-electron chi connectivity index (χ1n) is 7.27. The monoisotopic (exact) mass is 267 g/mol. The van der Waals surface area contributed by atoms with Crippen molar-refractivity contribution in [2.75, 3.05) is 13.7 Å². The molecular formula is C18H21NO. The molecule has 1 atom stereocenters. The van der Waals surface area contributed by atoms with Crippen LogP contribution in [0.4, 0.5) is 0 Å². The minimum absolute atomic E-state index is 0.317. The van der Waals surface area contributed by atoms with Crippen molar-refractivity contribution in [1.29, 1.82) is 0 Å². The van der Waals surface area contributed by atoms with Gasteiger partial charge in [-0.3, -0.25) is 0 Å². The van der Waals surface area contributed by atoms with Crippen LogP contribution in [0.3, 0.4) is 0 Å². The summed E-state index contributed by atoms with van der Waals surface area (Å²) in [6, 6.07) is 21.4. The van der Waals surface area contributed by atoms with Gasteiger partial charge in [0.1, 0.15) is 5.60 Å². The van der Waals surface area contributed by atoms with Crippen LogP contribution in [0.5, 0.6) is 0 Å². The smallest absolute Gasteiger partial charge is 0.133 e. The van der Waals surface area contributed by atoms with Crippen molar-refractivity contribution >= 4 is 0 Å². The summed E-state index contributed by atoms with van der Waals surface area (Å²) in [5, 5.41) is 3.62. The van der Waals surface area contributed by atoms with Crippen molar-refractivity contribution in [3.05, 3.63) is 71.8 Å². The van der Waals surface area contributed by atoms with Gasteiger partial charge in [-0.1, -0.05) is 60.7 Å². The van der Waals surface area contributed by atoms with E-state index in [1.807, 2.05) is 7.11 Å². The molecule has 104 valence electrons. The molecule has 2 aromatic rings. The van der Waals surface area contributed by atoms with Crippen LogP contribution >= 0.6 is 0 Å². The van der Waals surface area contributed by atoms with E-state index in [-0.39, 0.29) is 0 Å². The van der Waals surface area contributed by atoms with Gasteiger partial charge in [0.05, 0.1) is 0 Å². The van der Waals surface area contributed by atoms with E-state index in [0.29, 0.717) is 6.04 Å². The Kier molecular flexibility index (Phi) is 3.86. The molecule has 20 heavy (non-hydrogen) atoms. The zero-order valence-electron chi connectivity index (χ0n) is 11.9. The highest BCUT2D eigenvalue weighted by atomic mass is 16.5. The average Bonchev–Trinajstić information content (AvgIpc) is 3.06. The summed E-state index contributed by atoms with van der Waals surface area (Å²) in [5.74, 6) is 0. The van der Waals surface area contributed by atoms with Gasteiger partial charge in [0.15, 0.2) is 0 Å². The highest BCUT2D eigenvalue weighted by Crippen LogP contribution is 2.39. The average molecular weight is 267 g/mol. The fourth-order valence-electron chi connectivity index (χ4n) is 3.35. The molecule has 1 aliphatic rings. The zero-order chi connectivity index (χ0) is 13.8. The van der Waals surface area contributed by atoms with Gasteiger partial charge in [-0.2, -0.15) is 0 Å². The molecule has 1 N–H and O–H groups in total. The predicted molar refractivity (Wildman–Crippen MR) is 81.7 cm³/mol. The summed E-state index contributed by atoms with van der Waals surface area (Å²) in [6.07, 6.45) is 2.34. The van der Waals surface area contributed by atoms with Crippen LogP contribution in [0.2, 0.25) is 0 Å². The maximum Gasteiger partial charge on any atom is 0.133 e. The normalized spacial score (nSPS) is 19.1. The summed E-state index contributed by atoms with van der Waals surface area (Å²) in [7, 11) is 1.82. The van der Waals surface area contributed by atoms with Crippen molar-refractivity contribution in [2.24, 2.45) is 0 Å². The van der Waals surface area contributed by atoms with Crippen molar-refractivity contribution < 1.29 is 4.74 Å². The molecule has 0 aliphatic carbocycles. The van der Waals surface area contributed by atoms with Crippen molar-refractivity contribution in [3.63, 3.8) is 0 Å². The Bertz CT molecular complexity index is 492. The third-order valence-electron chi connectivity index (χ3n) is 4.28. The Morgan fingerprint density at radius 2 is 1.50 bits per heavy atom. The fourth-order valence-corrected chi connectivity index (χ4v) is 3.35. The summed E-state index contributed by atoms with van der Waals surface area (Å²) in [5.41, 5.74) is 2.03. The van der Waals surface area contributed by atoms with Gasteiger partial charge in [-0.15, -0.1) is 0 Å². The molecule has 0 spiro atoms. The van der Waals surface area contributed by atoms with Crippen LogP contribution in [0, 0.1) is 0 Å². The molecule has 1 saturated heterocycles. The van der Waals surface area contributed by atoms with Crippen molar-refractivity contribution in [3.8, 4) is 0 Å². The van der Waals surface area contributed by atoms with Crippen molar-refractivity contribution in [2.45, 2.75) is 24.5 Å². The number of nitrogens with one attached hydrogen (secondary N) is 1. The first-order valence-corrected chi connectivity index (χ1v) is 7.27. The first-order chi connectivity index (χ1) is 9.88. The highest BCUT2D eigenvalue weighted by molar-refractivity contribution is 5.39. The van der Waals surface area contributed by atoms with E-state index in [9.17, 15) is 0 Å². The molecule has 1 aliphatic heterocycles. The lowest BCUT2D eigenvalue weighted by atomic mass is 9.79.